The van der Waals surface area contributed by atoms with Crippen LogP contribution in [0.25, 0.3) is 10.9 Å². The number of fused-ring (bicyclic) bond motifs is 1. The fourth-order valence-electron chi connectivity index (χ4n) is 2.24. The van der Waals surface area contributed by atoms with E-state index in [0.29, 0.717) is 22.2 Å². The topological polar surface area (TPSA) is 83.5 Å². The number of carbonyl (C=O) groups is 2. The first-order valence-electron chi connectivity index (χ1n) is 6.90. The lowest BCUT2D eigenvalue weighted by Gasteiger charge is -2.19. The summed E-state index contributed by atoms with van der Waals surface area (Å²) < 4.78 is 12.1. The molecule has 6 heteroatoms. The molecule has 2 rings (SSSR count). The molecule has 0 spiro atoms. The molecule has 22 heavy (non-hydrogen) atoms. The van der Waals surface area contributed by atoms with Crippen molar-refractivity contribution in [3.63, 3.8) is 0 Å². The number of amides is 1. The van der Waals surface area contributed by atoms with Crippen molar-refractivity contribution in [3.8, 4) is 5.75 Å². The molecule has 118 valence electrons. The first-order chi connectivity index (χ1) is 10.2. The van der Waals surface area contributed by atoms with Crippen LogP contribution in [0.1, 0.15) is 31.1 Å². The number of esters is 1. The van der Waals surface area contributed by atoms with Gasteiger partial charge in [0.25, 0.3) is 5.91 Å². The van der Waals surface area contributed by atoms with Crippen molar-refractivity contribution in [2.45, 2.75) is 32.9 Å². The fourth-order valence-corrected chi connectivity index (χ4v) is 2.24. The Hall–Kier alpha value is -2.50. The Morgan fingerprint density at radius 1 is 1.27 bits per heavy atom. The number of aromatic nitrogens is 1. The lowest BCUT2D eigenvalue weighted by atomic mass is 10.1. The Bertz CT molecular complexity index is 726. The van der Waals surface area contributed by atoms with E-state index < -0.39 is 11.5 Å². The molecule has 0 saturated carbocycles. The predicted molar refractivity (Wildman–Crippen MR) is 82.9 cm³/mol. The zero-order valence-corrected chi connectivity index (χ0v) is 13.2. The Balaban J connectivity index is 2.44. The van der Waals surface area contributed by atoms with Gasteiger partial charge in [-0.1, -0.05) is 0 Å². The van der Waals surface area contributed by atoms with Gasteiger partial charge in [0.15, 0.2) is 0 Å². The summed E-state index contributed by atoms with van der Waals surface area (Å²) >= 11 is 0. The van der Waals surface area contributed by atoms with E-state index in [9.17, 15) is 9.59 Å². The molecule has 0 aliphatic carbocycles. The van der Waals surface area contributed by atoms with Gasteiger partial charge >= 0.3 is 5.97 Å². The van der Waals surface area contributed by atoms with Gasteiger partial charge in [-0.05, 0) is 32.9 Å². The smallest absolute Gasteiger partial charge is 0.326 e. The van der Waals surface area contributed by atoms with Gasteiger partial charge in [0.1, 0.15) is 17.9 Å². The van der Waals surface area contributed by atoms with Gasteiger partial charge in [0.05, 0.1) is 18.2 Å². The maximum Gasteiger partial charge on any atom is 0.326 e. The van der Waals surface area contributed by atoms with Gasteiger partial charge in [-0.25, -0.2) is 0 Å². The van der Waals surface area contributed by atoms with Crippen LogP contribution in [0.3, 0.4) is 0 Å². The molecular formula is C16H20N2O4. The van der Waals surface area contributed by atoms with Crippen molar-refractivity contribution in [3.05, 3.63) is 30.0 Å². The molecule has 2 aromatic rings. The van der Waals surface area contributed by atoms with Crippen LogP contribution in [0.5, 0.6) is 5.75 Å². The summed E-state index contributed by atoms with van der Waals surface area (Å²) in [7, 11) is 1.55. The first kappa shape index (κ1) is 15.9. The maximum absolute atomic E-state index is 12.0. The lowest BCUT2D eigenvalue weighted by Crippen LogP contribution is -2.26. The number of nitrogens with two attached hydrogens (primary N) is 1. The molecule has 0 aliphatic heterocycles. The number of hydrogen-bond donors (Lipinski definition) is 1. The van der Waals surface area contributed by atoms with Crippen LogP contribution in [-0.2, 0) is 16.1 Å². The summed E-state index contributed by atoms with van der Waals surface area (Å²) in [5.41, 5.74) is 5.89. The molecule has 1 heterocycles. The van der Waals surface area contributed by atoms with Gasteiger partial charge < -0.3 is 19.8 Å². The molecule has 0 fully saturated rings. The summed E-state index contributed by atoms with van der Waals surface area (Å²) in [6.07, 6.45) is 1.57. The van der Waals surface area contributed by atoms with Gasteiger partial charge in [0.2, 0.25) is 0 Å². The third-order valence-corrected chi connectivity index (χ3v) is 3.07. The Kier molecular flexibility index (Phi) is 4.12. The number of benzene rings is 1. The number of rotatable bonds is 4. The van der Waals surface area contributed by atoms with Crippen molar-refractivity contribution in [2.75, 3.05) is 7.11 Å². The molecule has 6 nitrogen and oxygen atoms in total. The van der Waals surface area contributed by atoms with Crippen molar-refractivity contribution in [1.82, 2.24) is 4.57 Å². The van der Waals surface area contributed by atoms with Crippen LogP contribution < -0.4 is 10.5 Å². The normalized spacial score (nSPS) is 11.5. The van der Waals surface area contributed by atoms with Gasteiger partial charge in [0, 0.05) is 17.6 Å². The van der Waals surface area contributed by atoms with E-state index in [1.54, 1.807) is 56.8 Å². The second-order valence-corrected chi connectivity index (χ2v) is 6.00. The summed E-state index contributed by atoms with van der Waals surface area (Å²) in [6.45, 7) is 5.40. The summed E-state index contributed by atoms with van der Waals surface area (Å²) in [5.74, 6) is -0.298. The lowest BCUT2D eigenvalue weighted by molar-refractivity contribution is -0.155. The molecule has 0 radical (unpaired) electrons. The van der Waals surface area contributed by atoms with E-state index >= 15 is 0 Å². The zero-order valence-electron chi connectivity index (χ0n) is 13.2. The van der Waals surface area contributed by atoms with E-state index in [0.717, 1.165) is 0 Å². The molecule has 0 saturated heterocycles. The number of hydrogen-bond acceptors (Lipinski definition) is 4. The highest BCUT2D eigenvalue weighted by Gasteiger charge is 2.19. The van der Waals surface area contributed by atoms with Crippen LogP contribution in [-0.4, -0.2) is 29.2 Å². The van der Waals surface area contributed by atoms with Gasteiger partial charge in [-0.2, -0.15) is 0 Å². The third-order valence-electron chi connectivity index (χ3n) is 3.07. The Morgan fingerprint density at radius 3 is 2.50 bits per heavy atom. The van der Waals surface area contributed by atoms with E-state index in [2.05, 4.69) is 0 Å². The van der Waals surface area contributed by atoms with E-state index in [1.807, 2.05) is 0 Å². The number of carbonyl (C=O) groups excluding carboxylic acids is 2. The minimum Gasteiger partial charge on any atom is -0.497 e. The van der Waals surface area contributed by atoms with E-state index in [1.165, 1.54) is 0 Å². The highest BCUT2D eigenvalue weighted by atomic mass is 16.6. The second-order valence-electron chi connectivity index (χ2n) is 6.00. The molecular weight excluding hydrogens is 284 g/mol. The zero-order chi connectivity index (χ0) is 16.5. The van der Waals surface area contributed by atoms with Gasteiger partial charge in [-0.15, -0.1) is 0 Å². The minimum atomic E-state index is -0.565. The molecule has 2 N–H and O–H groups in total. The van der Waals surface area contributed by atoms with Crippen LogP contribution in [0.15, 0.2) is 24.4 Å². The van der Waals surface area contributed by atoms with Crippen molar-refractivity contribution in [2.24, 2.45) is 5.73 Å². The number of nitrogens with zero attached hydrogens (tertiary/aromatic N) is 1. The third kappa shape index (κ3) is 3.39. The van der Waals surface area contributed by atoms with E-state index in [-0.39, 0.29) is 12.5 Å². The Labute approximate surface area is 128 Å². The molecule has 0 bridgehead atoms. The Morgan fingerprint density at radius 2 is 1.95 bits per heavy atom. The fraction of sp³-hybridized carbons (Fsp3) is 0.375. The summed E-state index contributed by atoms with van der Waals surface area (Å²) in [5, 5.41) is 0.678. The quantitative estimate of drug-likeness (QED) is 0.877. The molecule has 1 aromatic heterocycles. The molecule has 1 amide bonds. The largest absolute Gasteiger partial charge is 0.497 e. The summed E-state index contributed by atoms with van der Waals surface area (Å²) in [6, 6.07) is 5.25. The average Bonchev–Trinajstić information content (AvgIpc) is 2.74. The highest BCUT2D eigenvalue weighted by molar-refractivity contribution is 6.06. The number of primary amides is 1. The van der Waals surface area contributed by atoms with Crippen LogP contribution >= 0.6 is 0 Å². The standard InChI is InChI=1S/C16H20N2O4/c1-16(2,3)22-14(19)9-18-8-12(15(17)20)11-6-5-10(21-4)7-13(11)18/h5-8H,9H2,1-4H3,(H2,17,20). The van der Waals surface area contributed by atoms with Crippen LogP contribution in [0.2, 0.25) is 0 Å². The number of methoxy groups -OCH3 is 1. The molecule has 1 aromatic carbocycles. The SMILES string of the molecule is COc1ccc2c(C(N)=O)cn(CC(=O)OC(C)(C)C)c2c1. The molecule has 0 unspecified atom stereocenters. The maximum atomic E-state index is 12.0. The van der Waals surface area contributed by atoms with Crippen molar-refractivity contribution < 1.29 is 19.1 Å². The predicted octanol–water partition coefficient (Wildman–Crippen LogP) is 2.09. The molecule has 0 aliphatic rings. The van der Waals surface area contributed by atoms with E-state index in [4.69, 9.17) is 15.2 Å². The average molecular weight is 304 g/mol. The van der Waals surface area contributed by atoms with Crippen molar-refractivity contribution >= 4 is 22.8 Å². The van der Waals surface area contributed by atoms with Crippen LogP contribution in [0, 0.1) is 0 Å². The monoisotopic (exact) mass is 304 g/mol. The number of ether oxygens (including phenoxy) is 2. The van der Waals surface area contributed by atoms with Crippen LogP contribution in [0.4, 0.5) is 0 Å². The van der Waals surface area contributed by atoms with Crippen molar-refractivity contribution in [1.29, 1.82) is 0 Å². The molecule has 0 atom stereocenters. The van der Waals surface area contributed by atoms with Gasteiger partial charge in [-0.3, -0.25) is 9.59 Å². The minimum absolute atomic E-state index is 0.00574. The summed E-state index contributed by atoms with van der Waals surface area (Å²) in [4.78, 5) is 23.6. The first-order valence-corrected chi connectivity index (χ1v) is 6.90. The highest BCUT2D eigenvalue weighted by Crippen LogP contribution is 2.26. The second kappa shape index (κ2) is 5.71.